The lowest BCUT2D eigenvalue weighted by molar-refractivity contribution is -0.274. The average molecular weight is 396 g/mol. The Hall–Kier alpha value is -3.20. The number of aromatic nitrogens is 1. The monoisotopic (exact) mass is 396 g/mol. The molecular weight excluding hydrogens is 377 g/mol. The van der Waals surface area contributed by atoms with E-state index in [0.29, 0.717) is 5.56 Å². The van der Waals surface area contributed by atoms with Gasteiger partial charge in [-0.15, -0.1) is 13.2 Å². The first kappa shape index (κ1) is 19.1. The van der Waals surface area contributed by atoms with Crippen molar-refractivity contribution in [3.63, 3.8) is 0 Å². The molecule has 0 aliphatic carbocycles. The molecule has 1 aromatic heterocycles. The predicted molar refractivity (Wildman–Crippen MR) is 107 cm³/mol. The van der Waals surface area contributed by atoms with Crippen LogP contribution in [0.15, 0.2) is 60.8 Å². The summed E-state index contributed by atoms with van der Waals surface area (Å²) in [5, 5.41) is 1.15. The Morgan fingerprint density at radius 1 is 0.966 bits per heavy atom. The highest BCUT2D eigenvalue weighted by Crippen LogP contribution is 2.29. The number of fused-ring (bicyclic) bond motifs is 1. The number of benzene rings is 2. The normalized spacial score (nSPS) is 15.1. The van der Waals surface area contributed by atoms with Crippen molar-refractivity contribution in [1.29, 1.82) is 0 Å². The summed E-state index contributed by atoms with van der Waals surface area (Å²) in [4.78, 5) is 6.79. The highest BCUT2D eigenvalue weighted by atomic mass is 19.4. The second-order valence-corrected chi connectivity index (χ2v) is 6.95. The summed E-state index contributed by atoms with van der Waals surface area (Å²) >= 11 is 0. The van der Waals surface area contributed by atoms with Crippen LogP contribution in [0, 0.1) is 17.8 Å². The molecule has 1 fully saturated rings. The molecule has 0 spiro atoms. The molecule has 0 unspecified atom stereocenters. The molecule has 2 heterocycles. The predicted octanol–water partition coefficient (Wildman–Crippen LogP) is 5.40. The quantitative estimate of drug-likeness (QED) is 0.542. The maximum Gasteiger partial charge on any atom is 0.573 e. The van der Waals surface area contributed by atoms with Gasteiger partial charge < -0.3 is 9.64 Å². The van der Waals surface area contributed by atoms with E-state index in [1.165, 1.54) is 17.8 Å². The summed E-state index contributed by atoms with van der Waals surface area (Å²) in [6.45, 7) is 1.82. The minimum Gasteiger partial charge on any atom is -0.406 e. The number of pyridine rings is 1. The van der Waals surface area contributed by atoms with E-state index in [9.17, 15) is 13.2 Å². The number of hydrogen-bond donors (Lipinski definition) is 0. The van der Waals surface area contributed by atoms with Crippen LogP contribution >= 0.6 is 0 Å². The first-order valence-corrected chi connectivity index (χ1v) is 9.44. The lowest BCUT2D eigenvalue weighted by Crippen LogP contribution is -2.33. The highest BCUT2D eigenvalue weighted by Gasteiger charge is 2.30. The third kappa shape index (κ3) is 4.80. The van der Waals surface area contributed by atoms with Gasteiger partial charge in [0.2, 0.25) is 0 Å². The zero-order valence-electron chi connectivity index (χ0n) is 15.6. The Morgan fingerprint density at radius 2 is 1.69 bits per heavy atom. The Morgan fingerprint density at radius 3 is 2.41 bits per heavy atom. The molecule has 148 valence electrons. The standard InChI is InChI=1S/C23H19F3N2O/c24-23(25,26)29-19-9-7-17(8-10-19)5-6-18-12-15-28(16-13-18)22-11-14-27-21-4-2-1-3-20(21)22/h1-4,7-11,14,18H,12-13,15-16H2. The Labute approximate surface area is 167 Å². The molecule has 0 N–H and O–H groups in total. The summed E-state index contributed by atoms with van der Waals surface area (Å²) in [7, 11) is 0. The molecule has 0 amide bonds. The van der Waals surface area contributed by atoms with Gasteiger partial charge in [-0.1, -0.05) is 30.0 Å². The van der Waals surface area contributed by atoms with Crippen LogP contribution in [-0.4, -0.2) is 24.4 Å². The number of anilines is 1. The molecule has 2 aromatic carbocycles. The van der Waals surface area contributed by atoms with Crippen molar-refractivity contribution >= 4 is 16.6 Å². The lowest BCUT2D eigenvalue weighted by Gasteiger charge is -2.32. The first-order chi connectivity index (χ1) is 14.0. The van der Waals surface area contributed by atoms with Crippen molar-refractivity contribution in [1.82, 2.24) is 4.98 Å². The van der Waals surface area contributed by atoms with E-state index < -0.39 is 6.36 Å². The van der Waals surface area contributed by atoms with Crippen LogP contribution in [0.4, 0.5) is 18.9 Å². The fourth-order valence-corrected chi connectivity index (χ4v) is 3.55. The van der Waals surface area contributed by atoms with E-state index in [1.807, 2.05) is 24.4 Å². The van der Waals surface area contributed by atoms with Crippen molar-refractivity contribution in [3.05, 3.63) is 66.4 Å². The van der Waals surface area contributed by atoms with Gasteiger partial charge in [0, 0.05) is 41.8 Å². The van der Waals surface area contributed by atoms with Gasteiger partial charge in [-0.05, 0) is 49.2 Å². The fraction of sp³-hybridized carbons (Fsp3) is 0.261. The fourth-order valence-electron chi connectivity index (χ4n) is 3.55. The minimum absolute atomic E-state index is 0.235. The summed E-state index contributed by atoms with van der Waals surface area (Å²) in [5.41, 5.74) is 2.87. The van der Waals surface area contributed by atoms with Gasteiger partial charge in [-0.25, -0.2) is 0 Å². The van der Waals surface area contributed by atoms with E-state index in [2.05, 4.69) is 38.6 Å². The van der Waals surface area contributed by atoms with Gasteiger partial charge in [-0.3, -0.25) is 4.98 Å². The van der Waals surface area contributed by atoms with Crippen LogP contribution < -0.4 is 9.64 Å². The number of piperidine rings is 1. The van der Waals surface area contributed by atoms with Crippen molar-refractivity contribution in [2.75, 3.05) is 18.0 Å². The summed E-state index contributed by atoms with van der Waals surface area (Å²) < 4.78 is 40.5. The molecule has 1 aliphatic rings. The third-order valence-electron chi connectivity index (χ3n) is 4.97. The van der Waals surface area contributed by atoms with E-state index in [1.54, 1.807) is 12.1 Å². The second kappa shape index (κ2) is 8.04. The van der Waals surface area contributed by atoms with Crippen LogP contribution in [0.1, 0.15) is 18.4 Å². The number of hydrogen-bond acceptors (Lipinski definition) is 3. The first-order valence-electron chi connectivity index (χ1n) is 9.44. The number of halogens is 3. The second-order valence-electron chi connectivity index (χ2n) is 6.95. The van der Waals surface area contributed by atoms with Gasteiger partial charge >= 0.3 is 6.36 Å². The zero-order chi connectivity index (χ0) is 20.3. The van der Waals surface area contributed by atoms with E-state index in [4.69, 9.17) is 0 Å². The largest absolute Gasteiger partial charge is 0.573 e. The number of alkyl halides is 3. The summed E-state index contributed by atoms with van der Waals surface area (Å²) in [6, 6.07) is 15.8. The zero-order valence-corrected chi connectivity index (χ0v) is 15.6. The van der Waals surface area contributed by atoms with Crippen LogP contribution in [0.2, 0.25) is 0 Å². The van der Waals surface area contributed by atoms with Crippen LogP contribution in [-0.2, 0) is 0 Å². The van der Waals surface area contributed by atoms with Crippen molar-refractivity contribution < 1.29 is 17.9 Å². The molecule has 1 saturated heterocycles. The Kier molecular flexibility index (Phi) is 5.30. The molecule has 0 radical (unpaired) electrons. The van der Waals surface area contributed by atoms with Gasteiger partial charge in [-0.2, -0.15) is 0 Å². The SMILES string of the molecule is FC(F)(F)Oc1ccc(C#CC2CCN(c3ccnc4ccccc34)CC2)cc1. The van der Waals surface area contributed by atoms with Crippen LogP contribution in [0.5, 0.6) is 5.75 Å². The van der Waals surface area contributed by atoms with Crippen molar-refractivity contribution in [2.45, 2.75) is 19.2 Å². The molecule has 0 saturated carbocycles. The topological polar surface area (TPSA) is 25.4 Å². The smallest absolute Gasteiger partial charge is 0.406 e. The molecule has 4 rings (SSSR count). The van der Waals surface area contributed by atoms with E-state index >= 15 is 0 Å². The molecule has 0 atom stereocenters. The van der Waals surface area contributed by atoms with Crippen LogP contribution in [0.25, 0.3) is 10.9 Å². The number of para-hydroxylation sites is 1. The number of nitrogens with zero attached hydrogens (tertiary/aromatic N) is 2. The van der Waals surface area contributed by atoms with Crippen molar-refractivity contribution in [3.8, 4) is 17.6 Å². The Bertz CT molecular complexity index is 1040. The van der Waals surface area contributed by atoms with Gasteiger partial charge in [0.05, 0.1) is 5.52 Å². The summed E-state index contributed by atoms with van der Waals surface area (Å²) in [5.74, 6) is 6.37. The maximum absolute atomic E-state index is 12.2. The minimum atomic E-state index is -4.68. The van der Waals surface area contributed by atoms with Gasteiger partial charge in [0.1, 0.15) is 5.75 Å². The molecular formula is C23H19F3N2O. The van der Waals surface area contributed by atoms with Crippen LogP contribution in [0.3, 0.4) is 0 Å². The van der Waals surface area contributed by atoms with Gasteiger partial charge in [0.15, 0.2) is 0 Å². The lowest BCUT2D eigenvalue weighted by atomic mass is 9.96. The van der Waals surface area contributed by atoms with Crippen molar-refractivity contribution in [2.24, 2.45) is 5.92 Å². The average Bonchev–Trinajstić information content (AvgIpc) is 2.72. The summed E-state index contributed by atoms with van der Waals surface area (Å²) in [6.07, 6.45) is -0.950. The number of rotatable bonds is 2. The number of ether oxygens (including phenoxy) is 1. The molecule has 0 bridgehead atoms. The van der Waals surface area contributed by atoms with Gasteiger partial charge in [0.25, 0.3) is 0 Å². The highest BCUT2D eigenvalue weighted by molar-refractivity contribution is 5.91. The molecule has 6 heteroatoms. The van der Waals surface area contributed by atoms with E-state index in [-0.39, 0.29) is 11.7 Å². The van der Waals surface area contributed by atoms with E-state index in [0.717, 1.165) is 36.8 Å². The molecule has 1 aliphatic heterocycles. The maximum atomic E-state index is 12.2. The molecule has 29 heavy (non-hydrogen) atoms. The third-order valence-corrected chi connectivity index (χ3v) is 4.97. The molecule has 3 nitrogen and oxygen atoms in total. The molecule has 3 aromatic rings. The Balaban J connectivity index is 1.38.